The van der Waals surface area contributed by atoms with Crippen molar-refractivity contribution in [2.45, 2.75) is 37.8 Å². The Morgan fingerprint density at radius 2 is 1.83 bits per heavy atom. The second-order valence-corrected chi connectivity index (χ2v) is 8.77. The molecule has 1 aliphatic rings. The van der Waals surface area contributed by atoms with E-state index in [1.807, 2.05) is 12.1 Å². The Morgan fingerprint density at radius 1 is 1.10 bits per heavy atom. The molecule has 2 N–H and O–H groups in total. The Balaban J connectivity index is 1.38. The maximum absolute atomic E-state index is 12.3. The Bertz CT molecular complexity index is 1010. The molecule has 7 heteroatoms. The summed E-state index contributed by atoms with van der Waals surface area (Å²) in [6.45, 7) is 0. The lowest BCUT2D eigenvalue weighted by molar-refractivity contribution is 0.0897. The van der Waals surface area contributed by atoms with E-state index in [0.717, 1.165) is 51.9 Å². The van der Waals surface area contributed by atoms with E-state index in [1.54, 1.807) is 12.1 Å². The highest BCUT2D eigenvalue weighted by Gasteiger charge is 2.24. The number of hydrogen-bond donors (Lipinski definition) is 2. The van der Waals surface area contributed by atoms with Crippen LogP contribution in [0.25, 0.3) is 10.9 Å². The summed E-state index contributed by atoms with van der Waals surface area (Å²) in [7, 11) is 4.11. The molecule has 0 unspecified atom stereocenters. The predicted molar refractivity (Wildman–Crippen MR) is 125 cm³/mol. The van der Waals surface area contributed by atoms with Crippen LogP contribution in [0.15, 0.2) is 46.9 Å². The van der Waals surface area contributed by atoms with E-state index < -0.39 is 0 Å². The fourth-order valence-corrected chi connectivity index (χ4v) is 4.30. The third-order valence-electron chi connectivity index (χ3n) is 5.39. The number of carbonyl (C=O) groups excluding carboxylic acids is 1. The molecule has 1 amide bonds. The molecule has 1 aromatic carbocycles. The lowest BCUT2D eigenvalue weighted by atomic mass is 9.91. The molecule has 0 saturated heterocycles. The number of hydrogen-bond acceptors (Lipinski definition) is 5. The molecule has 29 heavy (non-hydrogen) atoms. The Morgan fingerprint density at radius 3 is 2.52 bits per heavy atom. The van der Waals surface area contributed by atoms with Crippen molar-refractivity contribution in [3.63, 3.8) is 0 Å². The molecule has 152 valence electrons. The Kier molecular flexibility index (Phi) is 5.94. The number of amides is 1. The van der Waals surface area contributed by atoms with Crippen molar-refractivity contribution in [2.75, 3.05) is 24.3 Å². The maximum atomic E-state index is 12.3. The van der Waals surface area contributed by atoms with Crippen molar-refractivity contribution >= 4 is 50.9 Å². The smallest absolute Gasteiger partial charge is 0.287 e. The van der Waals surface area contributed by atoms with Gasteiger partial charge < -0.3 is 20.0 Å². The second kappa shape index (κ2) is 8.61. The van der Waals surface area contributed by atoms with Gasteiger partial charge in [0.1, 0.15) is 5.82 Å². The average Bonchev–Trinajstić information content (AvgIpc) is 3.15. The number of benzene rings is 1. The highest BCUT2D eigenvalue weighted by Crippen LogP contribution is 2.29. The molecular formula is C22H25IN4O2. The molecule has 0 spiro atoms. The van der Waals surface area contributed by atoms with E-state index in [1.165, 1.54) is 0 Å². The SMILES string of the molecule is CN(C)c1cc(NC2CCC(NC(=O)c3ccc(I)o3)CC2)nc2ccccc12. The number of pyridine rings is 1. The monoisotopic (exact) mass is 504 g/mol. The van der Waals surface area contributed by atoms with Gasteiger partial charge in [-0.05, 0) is 66.5 Å². The lowest BCUT2D eigenvalue weighted by Gasteiger charge is -2.30. The molecule has 1 saturated carbocycles. The van der Waals surface area contributed by atoms with Crippen LogP contribution in [-0.4, -0.2) is 37.1 Å². The van der Waals surface area contributed by atoms with Crippen LogP contribution in [0.3, 0.4) is 0 Å². The van der Waals surface area contributed by atoms with Gasteiger partial charge in [-0.3, -0.25) is 4.79 Å². The fourth-order valence-electron chi connectivity index (χ4n) is 3.89. The van der Waals surface area contributed by atoms with Crippen LogP contribution < -0.4 is 15.5 Å². The normalized spacial score (nSPS) is 19.1. The summed E-state index contributed by atoms with van der Waals surface area (Å²) in [5.74, 6) is 1.16. The largest absolute Gasteiger partial charge is 0.445 e. The molecule has 0 aliphatic heterocycles. The van der Waals surface area contributed by atoms with E-state index in [-0.39, 0.29) is 11.9 Å². The molecule has 2 heterocycles. The highest BCUT2D eigenvalue weighted by molar-refractivity contribution is 14.1. The molecule has 0 atom stereocenters. The quantitative estimate of drug-likeness (QED) is 0.495. The van der Waals surface area contributed by atoms with Crippen LogP contribution in [-0.2, 0) is 0 Å². The topological polar surface area (TPSA) is 70.4 Å². The molecule has 0 bridgehead atoms. The Labute approximate surface area is 184 Å². The first-order valence-corrected chi connectivity index (χ1v) is 11.0. The molecule has 3 aromatic rings. The maximum Gasteiger partial charge on any atom is 0.287 e. The van der Waals surface area contributed by atoms with Crippen LogP contribution in [0.2, 0.25) is 0 Å². The van der Waals surface area contributed by atoms with E-state index in [2.05, 4.69) is 70.4 Å². The zero-order chi connectivity index (χ0) is 20.4. The number of para-hydroxylation sites is 1. The summed E-state index contributed by atoms with van der Waals surface area (Å²) in [6.07, 6.45) is 3.86. The molecule has 1 fully saturated rings. The van der Waals surface area contributed by atoms with E-state index in [9.17, 15) is 4.79 Å². The van der Waals surface area contributed by atoms with Crippen molar-refractivity contribution in [1.29, 1.82) is 0 Å². The van der Waals surface area contributed by atoms with E-state index in [4.69, 9.17) is 9.40 Å². The summed E-state index contributed by atoms with van der Waals surface area (Å²) in [6, 6.07) is 14.4. The van der Waals surface area contributed by atoms with Crippen molar-refractivity contribution in [3.8, 4) is 0 Å². The third kappa shape index (κ3) is 4.66. The molecule has 2 aromatic heterocycles. The van der Waals surface area contributed by atoms with Crippen LogP contribution >= 0.6 is 22.6 Å². The van der Waals surface area contributed by atoms with Crippen LogP contribution in [0.1, 0.15) is 36.2 Å². The zero-order valence-corrected chi connectivity index (χ0v) is 18.8. The Hall–Kier alpha value is -2.29. The highest BCUT2D eigenvalue weighted by atomic mass is 127. The molecule has 1 aliphatic carbocycles. The molecule has 0 radical (unpaired) electrons. The number of rotatable bonds is 5. The first kappa shape index (κ1) is 20.0. The third-order valence-corrected chi connectivity index (χ3v) is 5.97. The number of carbonyl (C=O) groups is 1. The van der Waals surface area contributed by atoms with Gasteiger partial charge in [-0.15, -0.1) is 0 Å². The minimum Gasteiger partial charge on any atom is -0.445 e. The van der Waals surface area contributed by atoms with Crippen molar-refractivity contribution in [2.24, 2.45) is 0 Å². The number of aromatic nitrogens is 1. The van der Waals surface area contributed by atoms with Crippen LogP contribution in [0.5, 0.6) is 0 Å². The van der Waals surface area contributed by atoms with Gasteiger partial charge in [0.2, 0.25) is 0 Å². The molecule has 6 nitrogen and oxygen atoms in total. The van der Waals surface area contributed by atoms with Crippen molar-refractivity contribution in [1.82, 2.24) is 10.3 Å². The number of halogens is 1. The van der Waals surface area contributed by atoms with Crippen LogP contribution in [0, 0.1) is 3.77 Å². The summed E-state index contributed by atoms with van der Waals surface area (Å²) in [5.41, 5.74) is 2.15. The molecular weight excluding hydrogens is 479 g/mol. The van der Waals surface area contributed by atoms with E-state index >= 15 is 0 Å². The first-order valence-electron chi connectivity index (χ1n) is 9.89. The summed E-state index contributed by atoms with van der Waals surface area (Å²) in [4.78, 5) is 19.2. The van der Waals surface area contributed by atoms with Gasteiger partial charge in [0.05, 0.1) is 5.52 Å². The van der Waals surface area contributed by atoms with Gasteiger partial charge in [-0.2, -0.15) is 0 Å². The lowest BCUT2D eigenvalue weighted by Crippen LogP contribution is -2.40. The summed E-state index contributed by atoms with van der Waals surface area (Å²) in [5, 5.41) is 7.86. The summed E-state index contributed by atoms with van der Waals surface area (Å²) >= 11 is 2.07. The van der Waals surface area contributed by atoms with Crippen LogP contribution in [0.4, 0.5) is 11.5 Å². The number of nitrogens with one attached hydrogen (secondary N) is 2. The second-order valence-electron chi connectivity index (χ2n) is 7.71. The number of furan rings is 1. The first-order chi connectivity index (χ1) is 14.0. The summed E-state index contributed by atoms with van der Waals surface area (Å²) < 4.78 is 6.13. The average molecular weight is 504 g/mol. The van der Waals surface area contributed by atoms with Gasteiger partial charge in [-0.1, -0.05) is 18.2 Å². The van der Waals surface area contributed by atoms with E-state index in [0.29, 0.717) is 11.8 Å². The standard InChI is InChI=1S/C22H25IN4O2/c1-27(2)18-13-21(26-17-6-4-3-5-16(17)18)24-14-7-9-15(10-8-14)25-22(28)19-11-12-20(23)29-19/h3-6,11-15H,7-10H2,1-2H3,(H,24,26)(H,25,28). The number of anilines is 2. The zero-order valence-electron chi connectivity index (χ0n) is 16.6. The minimum atomic E-state index is -0.129. The minimum absolute atomic E-state index is 0.129. The van der Waals surface area contributed by atoms with Crippen molar-refractivity contribution < 1.29 is 9.21 Å². The fraction of sp³-hybridized carbons (Fsp3) is 0.364. The van der Waals surface area contributed by atoms with Gasteiger partial charge in [-0.25, -0.2) is 4.98 Å². The van der Waals surface area contributed by atoms with Gasteiger partial charge >= 0.3 is 0 Å². The number of fused-ring (bicyclic) bond motifs is 1. The predicted octanol–water partition coefficient (Wildman–Crippen LogP) is 4.65. The number of nitrogens with zero attached hydrogens (tertiary/aromatic N) is 2. The van der Waals surface area contributed by atoms with Crippen molar-refractivity contribution in [3.05, 3.63) is 52.0 Å². The van der Waals surface area contributed by atoms with Gasteiger partial charge in [0.25, 0.3) is 5.91 Å². The van der Waals surface area contributed by atoms with Gasteiger partial charge in [0.15, 0.2) is 9.53 Å². The molecule has 4 rings (SSSR count). The van der Waals surface area contributed by atoms with Gasteiger partial charge in [0, 0.05) is 43.3 Å².